The number of rotatable bonds is 4. The number of fused-ring (bicyclic) bond motifs is 2. The molecule has 0 atom stereocenters. The molecule has 0 bridgehead atoms. The highest BCUT2D eigenvalue weighted by Crippen LogP contribution is 2.35. The minimum Gasteiger partial charge on any atom is -0.454 e. The predicted molar refractivity (Wildman–Crippen MR) is 146 cm³/mol. The van der Waals surface area contributed by atoms with Gasteiger partial charge in [-0.2, -0.15) is 0 Å². The van der Waals surface area contributed by atoms with Crippen molar-refractivity contribution >= 4 is 40.0 Å². The smallest absolute Gasteiger partial charge is 0.336 e. The van der Waals surface area contributed by atoms with Gasteiger partial charge < -0.3 is 13.7 Å². The summed E-state index contributed by atoms with van der Waals surface area (Å²) in [5, 5.41) is 1.91. The average Bonchev–Trinajstić information content (AvgIpc) is 3.33. The van der Waals surface area contributed by atoms with Gasteiger partial charge in [0, 0.05) is 67.0 Å². The molecular formula is C29H28ClN3O3. The van der Waals surface area contributed by atoms with Crippen LogP contribution in [-0.2, 0) is 6.54 Å². The van der Waals surface area contributed by atoms with Crippen LogP contribution >= 0.6 is 12.4 Å². The third-order valence-corrected chi connectivity index (χ3v) is 6.87. The molecule has 5 aromatic rings. The van der Waals surface area contributed by atoms with Crippen LogP contribution in [0.4, 0.5) is 5.69 Å². The van der Waals surface area contributed by atoms with Crippen molar-refractivity contribution < 1.29 is 8.83 Å². The third kappa shape index (κ3) is 4.50. The van der Waals surface area contributed by atoms with E-state index in [0.29, 0.717) is 11.3 Å². The minimum absolute atomic E-state index is 0. The lowest BCUT2D eigenvalue weighted by molar-refractivity contribution is 0.250. The van der Waals surface area contributed by atoms with E-state index >= 15 is 0 Å². The number of pyridine rings is 1. The Morgan fingerprint density at radius 1 is 0.889 bits per heavy atom. The maximum atomic E-state index is 12.3. The SMILES string of the molecule is Cc1ccc2c(-c3cc4c(CN5CCN(c6ccccc6)CC5)cnc(C)c4o3)cc(=O)oc2c1.Cl. The molecule has 36 heavy (non-hydrogen) atoms. The molecule has 6 rings (SSSR count). The summed E-state index contributed by atoms with van der Waals surface area (Å²) in [7, 11) is 0. The molecule has 0 amide bonds. The Hall–Kier alpha value is -3.61. The lowest BCUT2D eigenvalue weighted by Gasteiger charge is -2.36. The van der Waals surface area contributed by atoms with Crippen molar-refractivity contribution in [2.24, 2.45) is 0 Å². The number of benzene rings is 2. The zero-order valence-electron chi connectivity index (χ0n) is 20.4. The first-order chi connectivity index (χ1) is 17.0. The maximum Gasteiger partial charge on any atom is 0.336 e. The predicted octanol–water partition coefficient (Wildman–Crippen LogP) is 5.96. The van der Waals surface area contributed by atoms with E-state index in [1.165, 1.54) is 11.8 Å². The van der Waals surface area contributed by atoms with E-state index in [-0.39, 0.29) is 18.0 Å². The molecular weight excluding hydrogens is 474 g/mol. The van der Waals surface area contributed by atoms with Crippen LogP contribution in [0, 0.1) is 13.8 Å². The van der Waals surface area contributed by atoms with Crippen LogP contribution in [0.15, 0.2) is 80.5 Å². The number of piperazine rings is 1. The highest BCUT2D eigenvalue weighted by atomic mass is 35.5. The molecule has 1 fully saturated rings. The largest absolute Gasteiger partial charge is 0.454 e. The molecule has 184 valence electrons. The Bertz CT molecular complexity index is 1580. The summed E-state index contributed by atoms with van der Waals surface area (Å²) in [5.74, 6) is 0.660. The van der Waals surface area contributed by atoms with Crippen molar-refractivity contribution in [1.29, 1.82) is 0 Å². The van der Waals surface area contributed by atoms with Crippen LogP contribution in [0.3, 0.4) is 0 Å². The summed E-state index contributed by atoms with van der Waals surface area (Å²) in [4.78, 5) is 21.8. The van der Waals surface area contributed by atoms with Crippen LogP contribution in [0.25, 0.3) is 33.3 Å². The van der Waals surface area contributed by atoms with Crippen molar-refractivity contribution in [3.63, 3.8) is 0 Å². The average molecular weight is 502 g/mol. The first-order valence-corrected chi connectivity index (χ1v) is 12.0. The van der Waals surface area contributed by atoms with E-state index in [0.717, 1.165) is 71.5 Å². The Morgan fingerprint density at radius 3 is 2.44 bits per heavy atom. The van der Waals surface area contributed by atoms with Gasteiger partial charge in [-0.1, -0.05) is 30.3 Å². The van der Waals surface area contributed by atoms with Gasteiger partial charge in [-0.25, -0.2) is 4.79 Å². The minimum atomic E-state index is -0.384. The number of hydrogen-bond donors (Lipinski definition) is 0. The topological polar surface area (TPSA) is 62.7 Å². The van der Waals surface area contributed by atoms with Gasteiger partial charge in [-0.3, -0.25) is 9.88 Å². The number of para-hydroxylation sites is 1. The molecule has 0 N–H and O–H groups in total. The molecule has 1 saturated heterocycles. The molecule has 1 aliphatic rings. The normalized spacial score (nSPS) is 14.3. The van der Waals surface area contributed by atoms with Crippen LogP contribution in [0.2, 0.25) is 0 Å². The Kier molecular flexibility index (Phi) is 6.56. The Labute approximate surface area is 215 Å². The fraction of sp³-hybridized carbons (Fsp3) is 0.241. The summed E-state index contributed by atoms with van der Waals surface area (Å²) in [6.45, 7) is 8.70. The number of anilines is 1. The summed E-state index contributed by atoms with van der Waals surface area (Å²) in [6.07, 6.45) is 1.96. The van der Waals surface area contributed by atoms with Crippen LogP contribution < -0.4 is 10.5 Å². The zero-order chi connectivity index (χ0) is 23.9. The quantitative estimate of drug-likeness (QED) is 0.283. The van der Waals surface area contributed by atoms with Crippen LogP contribution in [0.1, 0.15) is 16.8 Å². The number of halogens is 1. The molecule has 0 saturated carbocycles. The van der Waals surface area contributed by atoms with Gasteiger partial charge in [0.05, 0.1) is 5.69 Å². The van der Waals surface area contributed by atoms with Crippen LogP contribution in [0.5, 0.6) is 0 Å². The zero-order valence-corrected chi connectivity index (χ0v) is 21.2. The maximum absolute atomic E-state index is 12.3. The summed E-state index contributed by atoms with van der Waals surface area (Å²) < 4.78 is 11.8. The molecule has 0 aliphatic carbocycles. The van der Waals surface area contributed by atoms with Crippen molar-refractivity contribution in [2.45, 2.75) is 20.4 Å². The highest BCUT2D eigenvalue weighted by Gasteiger charge is 2.21. The third-order valence-electron chi connectivity index (χ3n) is 6.87. The van der Waals surface area contributed by atoms with Crippen molar-refractivity contribution in [2.75, 3.05) is 31.1 Å². The standard InChI is InChI=1S/C29H27N3O3.ClH/c1-19-8-9-23-25(16-28(33)34-26(23)14-19)27-15-24-21(17-30-20(2)29(24)35-27)18-31-10-12-32(13-11-31)22-6-4-3-5-7-22;/h3-9,14-17H,10-13,18H2,1-2H3;1H. The van der Waals surface area contributed by atoms with Gasteiger partial charge >= 0.3 is 5.63 Å². The van der Waals surface area contributed by atoms with Crippen molar-refractivity contribution in [3.8, 4) is 11.3 Å². The highest BCUT2D eigenvalue weighted by molar-refractivity contribution is 5.95. The Morgan fingerprint density at radius 2 is 1.67 bits per heavy atom. The van der Waals surface area contributed by atoms with Crippen molar-refractivity contribution in [1.82, 2.24) is 9.88 Å². The number of aromatic nitrogens is 1. The first kappa shape index (κ1) is 24.1. The van der Waals surface area contributed by atoms with E-state index in [1.807, 2.05) is 44.3 Å². The molecule has 7 heteroatoms. The van der Waals surface area contributed by atoms with Gasteiger partial charge in [0.15, 0.2) is 5.58 Å². The number of aryl methyl sites for hydroxylation is 2. The van der Waals surface area contributed by atoms with E-state index in [9.17, 15) is 4.79 Å². The van der Waals surface area contributed by atoms with Gasteiger partial charge in [0.2, 0.25) is 0 Å². The molecule has 0 unspecified atom stereocenters. The van der Waals surface area contributed by atoms with Gasteiger partial charge in [0.25, 0.3) is 0 Å². The molecule has 3 aromatic heterocycles. The van der Waals surface area contributed by atoms with E-state index in [2.05, 4.69) is 45.1 Å². The molecule has 1 aliphatic heterocycles. The second-order valence-corrected chi connectivity index (χ2v) is 9.30. The Balaban J connectivity index is 0.00000267. The van der Waals surface area contributed by atoms with Crippen molar-refractivity contribution in [3.05, 3.63) is 94.1 Å². The van der Waals surface area contributed by atoms with Gasteiger partial charge in [-0.15, -0.1) is 12.4 Å². The van der Waals surface area contributed by atoms with Gasteiger partial charge in [0.1, 0.15) is 11.3 Å². The summed E-state index contributed by atoms with van der Waals surface area (Å²) >= 11 is 0. The summed E-state index contributed by atoms with van der Waals surface area (Å²) in [6, 6.07) is 20.0. The van der Waals surface area contributed by atoms with E-state index in [1.54, 1.807) is 0 Å². The van der Waals surface area contributed by atoms with Gasteiger partial charge in [-0.05, 0) is 49.2 Å². The lowest BCUT2D eigenvalue weighted by Crippen LogP contribution is -2.46. The number of furan rings is 1. The second kappa shape index (κ2) is 9.80. The molecule has 2 aromatic carbocycles. The first-order valence-electron chi connectivity index (χ1n) is 12.0. The van der Waals surface area contributed by atoms with E-state index < -0.39 is 0 Å². The monoisotopic (exact) mass is 501 g/mol. The number of nitrogens with zero attached hydrogens (tertiary/aromatic N) is 3. The summed E-state index contributed by atoms with van der Waals surface area (Å²) in [5.41, 5.74) is 5.99. The molecule has 6 nitrogen and oxygen atoms in total. The molecule has 0 spiro atoms. The van der Waals surface area contributed by atoms with Crippen LogP contribution in [-0.4, -0.2) is 36.1 Å². The lowest BCUT2D eigenvalue weighted by atomic mass is 10.1. The van der Waals surface area contributed by atoms with E-state index in [4.69, 9.17) is 8.83 Å². The number of hydrogen-bond acceptors (Lipinski definition) is 6. The fourth-order valence-electron chi connectivity index (χ4n) is 4.98. The second-order valence-electron chi connectivity index (χ2n) is 9.30. The molecule has 4 heterocycles. The molecule has 0 radical (unpaired) electrons. The fourth-order valence-corrected chi connectivity index (χ4v) is 4.98.